The zero-order valence-corrected chi connectivity index (χ0v) is 16.1. The van der Waals surface area contributed by atoms with E-state index in [0.29, 0.717) is 29.0 Å². The number of hydrogen-bond donors (Lipinski definition) is 1. The molecule has 1 atom stereocenters. The molecule has 0 spiro atoms. The van der Waals surface area contributed by atoms with E-state index in [4.69, 9.17) is 9.47 Å². The fraction of sp³-hybridized carbons (Fsp3) is 0.217. The monoisotopic (exact) mass is 402 g/mol. The topological polar surface area (TPSA) is 38.7 Å². The third kappa shape index (κ3) is 4.71. The summed E-state index contributed by atoms with van der Waals surface area (Å²) >= 11 is 0. The van der Waals surface area contributed by atoms with Crippen molar-refractivity contribution in [2.75, 3.05) is 6.61 Å². The molecule has 0 saturated heterocycles. The summed E-state index contributed by atoms with van der Waals surface area (Å²) in [5.74, 6) is -2.44. The molecule has 0 aliphatic heterocycles. The molecular formula is C23H21F3O3. The summed E-state index contributed by atoms with van der Waals surface area (Å²) in [6.07, 6.45) is -1.12. The van der Waals surface area contributed by atoms with Gasteiger partial charge in [0.25, 0.3) is 0 Å². The lowest BCUT2D eigenvalue weighted by Crippen LogP contribution is -2.03. The average molecular weight is 402 g/mol. The standard InChI is InChI=1S/C23H21F3O3/c1-3-28-17-8-9-19(20(24)12-17)16-6-4-15(5-7-16)13-29-21-11-10-18(14(2)27)22(25)23(21)26/h4-12,14,27H,3,13H2,1-2H3. The van der Waals surface area contributed by atoms with Crippen LogP contribution < -0.4 is 9.47 Å². The Morgan fingerprint density at radius 2 is 1.62 bits per heavy atom. The predicted molar refractivity (Wildman–Crippen MR) is 104 cm³/mol. The second kappa shape index (κ2) is 9.01. The summed E-state index contributed by atoms with van der Waals surface area (Å²) in [6, 6.07) is 14.2. The van der Waals surface area contributed by atoms with Crippen LogP contribution in [-0.2, 0) is 6.61 Å². The number of benzene rings is 3. The summed E-state index contributed by atoms with van der Waals surface area (Å²) < 4.78 is 53.0. The van der Waals surface area contributed by atoms with Crippen LogP contribution in [0, 0.1) is 17.5 Å². The molecule has 29 heavy (non-hydrogen) atoms. The minimum Gasteiger partial charge on any atom is -0.494 e. The molecule has 0 bridgehead atoms. The highest BCUT2D eigenvalue weighted by molar-refractivity contribution is 5.65. The van der Waals surface area contributed by atoms with Crippen molar-refractivity contribution in [3.63, 3.8) is 0 Å². The lowest BCUT2D eigenvalue weighted by Gasteiger charge is -2.12. The number of rotatable bonds is 7. The molecule has 0 heterocycles. The molecule has 152 valence electrons. The van der Waals surface area contributed by atoms with Crippen molar-refractivity contribution in [2.24, 2.45) is 0 Å². The average Bonchev–Trinajstić information content (AvgIpc) is 2.70. The van der Waals surface area contributed by atoms with Gasteiger partial charge in [-0.2, -0.15) is 4.39 Å². The number of ether oxygens (including phenoxy) is 2. The van der Waals surface area contributed by atoms with Crippen LogP contribution >= 0.6 is 0 Å². The van der Waals surface area contributed by atoms with E-state index < -0.39 is 23.6 Å². The van der Waals surface area contributed by atoms with Crippen molar-refractivity contribution in [3.8, 4) is 22.6 Å². The van der Waals surface area contributed by atoms with E-state index >= 15 is 0 Å². The van der Waals surface area contributed by atoms with Crippen molar-refractivity contribution in [2.45, 2.75) is 26.6 Å². The predicted octanol–water partition coefficient (Wildman–Crippen LogP) is 5.80. The highest BCUT2D eigenvalue weighted by atomic mass is 19.2. The van der Waals surface area contributed by atoms with E-state index in [2.05, 4.69) is 0 Å². The van der Waals surface area contributed by atoms with Gasteiger partial charge in [-0.25, -0.2) is 8.78 Å². The fourth-order valence-electron chi connectivity index (χ4n) is 2.91. The van der Waals surface area contributed by atoms with Crippen LogP contribution in [0.4, 0.5) is 13.2 Å². The van der Waals surface area contributed by atoms with E-state index in [9.17, 15) is 18.3 Å². The van der Waals surface area contributed by atoms with E-state index in [1.807, 2.05) is 6.92 Å². The Kier molecular flexibility index (Phi) is 6.44. The molecule has 1 N–H and O–H groups in total. The lowest BCUT2D eigenvalue weighted by molar-refractivity contribution is 0.191. The van der Waals surface area contributed by atoms with Gasteiger partial charge in [-0.1, -0.05) is 24.3 Å². The van der Waals surface area contributed by atoms with E-state index in [1.54, 1.807) is 36.4 Å². The van der Waals surface area contributed by atoms with Crippen molar-refractivity contribution < 1.29 is 27.8 Å². The van der Waals surface area contributed by atoms with Crippen LogP contribution in [0.25, 0.3) is 11.1 Å². The zero-order valence-electron chi connectivity index (χ0n) is 16.1. The van der Waals surface area contributed by atoms with Gasteiger partial charge >= 0.3 is 0 Å². The zero-order chi connectivity index (χ0) is 21.0. The molecule has 3 nitrogen and oxygen atoms in total. The molecule has 3 aromatic rings. The molecule has 0 radical (unpaired) electrons. The van der Waals surface area contributed by atoms with Crippen LogP contribution in [0.1, 0.15) is 31.1 Å². The summed E-state index contributed by atoms with van der Waals surface area (Å²) in [6.45, 7) is 3.65. The smallest absolute Gasteiger partial charge is 0.201 e. The Labute approximate surface area is 167 Å². The van der Waals surface area contributed by atoms with Gasteiger partial charge in [0.15, 0.2) is 11.6 Å². The molecule has 0 amide bonds. The molecule has 6 heteroatoms. The minimum atomic E-state index is -1.14. The van der Waals surface area contributed by atoms with Crippen LogP contribution in [0.2, 0.25) is 0 Å². The number of hydrogen-bond acceptors (Lipinski definition) is 3. The van der Waals surface area contributed by atoms with Gasteiger partial charge in [0.1, 0.15) is 18.2 Å². The molecule has 0 saturated carbocycles. The van der Waals surface area contributed by atoms with E-state index in [1.165, 1.54) is 25.1 Å². The van der Waals surface area contributed by atoms with Gasteiger partial charge in [-0.15, -0.1) is 0 Å². The maximum Gasteiger partial charge on any atom is 0.201 e. The third-order valence-electron chi connectivity index (χ3n) is 4.44. The molecule has 0 fully saturated rings. The lowest BCUT2D eigenvalue weighted by atomic mass is 10.0. The maximum absolute atomic E-state index is 14.3. The molecule has 0 aliphatic rings. The number of halogens is 3. The first-order valence-corrected chi connectivity index (χ1v) is 9.21. The Balaban J connectivity index is 1.71. The molecule has 0 aliphatic carbocycles. The minimum absolute atomic E-state index is 0.0103. The Bertz CT molecular complexity index is 985. The summed E-state index contributed by atoms with van der Waals surface area (Å²) in [5, 5.41) is 9.43. The molecule has 1 unspecified atom stereocenters. The van der Waals surface area contributed by atoms with E-state index in [-0.39, 0.29) is 17.9 Å². The van der Waals surface area contributed by atoms with Crippen molar-refractivity contribution in [3.05, 3.63) is 83.2 Å². The third-order valence-corrected chi connectivity index (χ3v) is 4.44. The second-order valence-corrected chi connectivity index (χ2v) is 6.52. The second-order valence-electron chi connectivity index (χ2n) is 6.52. The van der Waals surface area contributed by atoms with Crippen molar-refractivity contribution in [1.29, 1.82) is 0 Å². The first-order chi connectivity index (χ1) is 13.9. The molecular weight excluding hydrogens is 381 g/mol. The van der Waals surface area contributed by atoms with Gasteiger partial charge in [0.05, 0.1) is 12.7 Å². The van der Waals surface area contributed by atoms with Crippen molar-refractivity contribution in [1.82, 2.24) is 0 Å². The molecule has 3 rings (SSSR count). The van der Waals surface area contributed by atoms with E-state index in [0.717, 1.165) is 0 Å². The molecule has 3 aromatic carbocycles. The van der Waals surface area contributed by atoms with Gasteiger partial charge in [0.2, 0.25) is 5.82 Å². The Hall–Kier alpha value is -2.99. The summed E-state index contributed by atoms with van der Waals surface area (Å²) in [5.41, 5.74) is 1.69. The highest BCUT2D eigenvalue weighted by Crippen LogP contribution is 2.29. The van der Waals surface area contributed by atoms with Gasteiger partial charge < -0.3 is 14.6 Å². The van der Waals surface area contributed by atoms with Crippen LogP contribution in [0.15, 0.2) is 54.6 Å². The van der Waals surface area contributed by atoms with Gasteiger partial charge in [0, 0.05) is 17.2 Å². The summed E-state index contributed by atoms with van der Waals surface area (Å²) in [7, 11) is 0. The summed E-state index contributed by atoms with van der Waals surface area (Å²) in [4.78, 5) is 0. The highest BCUT2D eigenvalue weighted by Gasteiger charge is 2.17. The molecule has 0 aromatic heterocycles. The fourth-order valence-corrected chi connectivity index (χ4v) is 2.91. The van der Waals surface area contributed by atoms with Gasteiger partial charge in [-0.05, 0) is 49.2 Å². The Morgan fingerprint density at radius 1 is 0.897 bits per heavy atom. The van der Waals surface area contributed by atoms with Crippen LogP contribution in [-0.4, -0.2) is 11.7 Å². The largest absolute Gasteiger partial charge is 0.494 e. The van der Waals surface area contributed by atoms with Gasteiger partial charge in [-0.3, -0.25) is 0 Å². The van der Waals surface area contributed by atoms with Crippen molar-refractivity contribution >= 4 is 0 Å². The quantitative estimate of drug-likeness (QED) is 0.543. The number of aliphatic hydroxyl groups excluding tert-OH is 1. The maximum atomic E-state index is 14.3. The van der Waals surface area contributed by atoms with Crippen LogP contribution in [0.3, 0.4) is 0 Å². The first kappa shape index (κ1) is 20.7. The first-order valence-electron chi connectivity index (χ1n) is 9.21. The van der Waals surface area contributed by atoms with Crippen LogP contribution in [0.5, 0.6) is 11.5 Å². The SMILES string of the molecule is CCOc1ccc(-c2ccc(COc3ccc(C(C)O)c(F)c3F)cc2)c(F)c1. The Morgan fingerprint density at radius 3 is 2.24 bits per heavy atom. The number of aliphatic hydroxyl groups is 1. The normalized spacial score (nSPS) is 11.9.